The van der Waals surface area contributed by atoms with Crippen molar-refractivity contribution in [3.63, 3.8) is 0 Å². The van der Waals surface area contributed by atoms with Gasteiger partial charge in [-0.25, -0.2) is 0 Å². The summed E-state index contributed by atoms with van der Waals surface area (Å²) in [6.45, 7) is 1.90. The lowest BCUT2D eigenvalue weighted by Gasteiger charge is -1.96. The van der Waals surface area contributed by atoms with Gasteiger partial charge in [-0.1, -0.05) is 13.0 Å². The van der Waals surface area contributed by atoms with Gasteiger partial charge in [-0.15, -0.1) is 0 Å². The highest BCUT2D eigenvalue weighted by molar-refractivity contribution is 5.52. The van der Waals surface area contributed by atoms with Crippen molar-refractivity contribution in [2.45, 2.75) is 19.8 Å². The molecule has 0 bridgehead atoms. The third kappa shape index (κ3) is 5.07. The molecule has 0 saturated heterocycles. The number of aldehydes is 1. The Morgan fingerprint density at radius 1 is 1.67 bits per heavy atom. The lowest BCUT2D eigenvalue weighted by Crippen LogP contribution is -1.93. The van der Waals surface area contributed by atoms with E-state index < -0.39 is 0 Å². The number of hydrogen-bond donors (Lipinski definition) is 1. The molecule has 0 aromatic rings. The minimum atomic E-state index is 0.168. The predicted molar refractivity (Wildman–Crippen MR) is 37.8 cm³/mol. The Morgan fingerprint density at radius 2 is 2.33 bits per heavy atom. The first-order valence-electron chi connectivity index (χ1n) is 3.13. The summed E-state index contributed by atoms with van der Waals surface area (Å²) in [6, 6.07) is 0. The van der Waals surface area contributed by atoms with Crippen LogP contribution < -0.4 is 5.73 Å². The van der Waals surface area contributed by atoms with E-state index in [1.165, 1.54) is 6.20 Å². The van der Waals surface area contributed by atoms with Crippen molar-refractivity contribution in [2.24, 2.45) is 11.7 Å². The van der Waals surface area contributed by atoms with Gasteiger partial charge in [0.05, 0.1) is 0 Å². The second-order valence-corrected chi connectivity index (χ2v) is 2.12. The molecule has 0 radical (unpaired) electrons. The van der Waals surface area contributed by atoms with E-state index in [4.69, 9.17) is 5.73 Å². The summed E-state index contributed by atoms with van der Waals surface area (Å²) in [5.74, 6) is 0.168. The van der Waals surface area contributed by atoms with Crippen LogP contribution in [0.25, 0.3) is 0 Å². The van der Waals surface area contributed by atoms with Crippen molar-refractivity contribution < 1.29 is 4.79 Å². The molecule has 0 aliphatic rings. The second kappa shape index (κ2) is 5.35. The Hall–Kier alpha value is -0.790. The van der Waals surface area contributed by atoms with Crippen LogP contribution in [-0.4, -0.2) is 6.29 Å². The van der Waals surface area contributed by atoms with Crippen molar-refractivity contribution in [3.05, 3.63) is 12.3 Å². The molecule has 2 nitrogen and oxygen atoms in total. The molecule has 0 heterocycles. The van der Waals surface area contributed by atoms with Crippen LogP contribution in [0.4, 0.5) is 0 Å². The summed E-state index contributed by atoms with van der Waals surface area (Å²) in [5, 5.41) is 0. The predicted octanol–water partition coefficient (Wildman–Crippen LogP) is 1.07. The number of nitrogens with two attached hydrogens (primary N) is 1. The topological polar surface area (TPSA) is 43.1 Å². The molecule has 0 spiro atoms. The molecule has 9 heavy (non-hydrogen) atoms. The molecule has 0 rings (SSSR count). The Bertz CT molecular complexity index is 99.1. The SMILES string of the molecule is CC(C=O)CC/C=C/N. The number of rotatable bonds is 4. The van der Waals surface area contributed by atoms with Crippen LogP contribution in [0.3, 0.4) is 0 Å². The van der Waals surface area contributed by atoms with Gasteiger partial charge >= 0.3 is 0 Å². The summed E-state index contributed by atoms with van der Waals surface area (Å²) in [6.07, 6.45) is 6.13. The first-order valence-corrected chi connectivity index (χ1v) is 3.13. The quantitative estimate of drug-likeness (QED) is 0.574. The Balaban J connectivity index is 3.16. The minimum absolute atomic E-state index is 0.168. The average Bonchev–Trinajstić information content (AvgIpc) is 1.89. The van der Waals surface area contributed by atoms with Crippen LogP contribution in [0.15, 0.2) is 12.3 Å². The number of carbonyl (C=O) groups is 1. The number of allylic oxidation sites excluding steroid dienone is 1. The van der Waals surface area contributed by atoms with Gasteiger partial charge in [-0.3, -0.25) is 0 Å². The Kier molecular flexibility index (Phi) is 4.88. The van der Waals surface area contributed by atoms with Gasteiger partial charge in [-0.2, -0.15) is 0 Å². The molecule has 1 unspecified atom stereocenters. The smallest absolute Gasteiger partial charge is 0.122 e. The summed E-state index contributed by atoms with van der Waals surface area (Å²) in [4.78, 5) is 10.0. The van der Waals surface area contributed by atoms with Crippen molar-refractivity contribution in [1.29, 1.82) is 0 Å². The zero-order valence-electron chi connectivity index (χ0n) is 5.71. The molecule has 1 atom stereocenters. The lowest BCUT2D eigenvalue weighted by atomic mass is 10.1. The molecule has 0 aromatic carbocycles. The van der Waals surface area contributed by atoms with E-state index in [-0.39, 0.29) is 5.92 Å². The molecule has 0 aliphatic heterocycles. The second-order valence-electron chi connectivity index (χ2n) is 2.12. The maximum absolute atomic E-state index is 10.0. The molecular weight excluding hydrogens is 114 g/mol. The monoisotopic (exact) mass is 127 g/mol. The zero-order valence-corrected chi connectivity index (χ0v) is 5.71. The maximum atomic E-state index is 10.0. The zero-order chi connectivity index (χ0) is 7.11. The fourth-order valence-electron chi connectivity index (χ4n) is 0.523. The average molecular weight is 127 g/mol. The Labute approximate surface area is 55.7 Å². The van der Waals surface area contributed by atoms with Gasteiger partial charge in [-0.05, 0) is 19.0 Å². The third-order valence-corrected chi connectivity index (χ3v) is 1.16. The summed E-state index contributed by atoms with van der Waals surface area (Å²) < 4.78 is 0. The van der Waals surface area contributed by atoms with Crippen molar-refractivity contribution in [1.82, 2.24) is 0 Å². The van der Waals surface area contributed by atoms with Crippen LogP contribution in [-0.2, 0) is 4.79 Å². The van der Waals surface area contributed by atoms with Crippen LogP contribution in [0.5, 0.6) is 0 Å². The van der Waals surface area contributed by atoms with Gasteiger partial charge in [0.2, 0.25) is 0 Å². The molecule has 0 amide bonds. The van der Waals surface area contributed by atoms with Crippen molar-refractivity contribution in [3.8, 4) is 0 Å². The highest BCUT2D eigenvalue weighted by atomic mass is 16.1. The van der Waals surface area contributed by atoms with Crippen molar-refractivity contribution in [2.75, 3.05) is 0 Å². The fourth-order valence-corrected chi connectivity index (χ4v) is 0.523. The van der Waals surface area contributed by atoms with Crippen molar-refractivity contribution >= 4 is 6.29 Å². The standard InChI is InChI=1S/C7H13NO/c1-7(6-9)4-2-3-5-8/h3,5-7H,2,4,8H2,1H3/b5-3+. The number of hydrogen-bond acceptors (Lipinski definition) is 2. The molecule has 2 N–H and O–H groups in total. The molecule has 2 heteroatoms. The fraction of sp³-hybridized carbons (Fsp3) is 0.571. The largest absolute Gasteiger partial charge is 0.405 e. The molecule has 52 valence electrons. The van der Waals surface area contributed by atoms with Gasteiger partial charge in [0.25, 0.3) is 0 Å². The van der Waals surface area contributed by atoms with Gasteiger partial charge in [0.15, 0.2) is 0 Å². The summed E-state index contributed by atoms with van der Waals surface area (Å²) in [5.41, 5.74) is 5.09. The van der Waals surface area contributed by atoms with Crippen LogP contribution in [0.2, 0.25) is 0 Å². The first kappa shape index (κ1) is 8.21. The van der Waals surface area contributed by atoms with E-state index in [9.17, 15) is 4.79 Å². The molecule has 0 aliphatic carbocycles. The van der Waals surface area contributed by atoms with Crippen LogP contribution in [0.1, 0.15) is 19.8 Å². The highest BCUT2D eigenvalue weighted by Crippen LogP contribution is 2.01. The first-order chi connectivity index (χ1) is 4.31. The third-order valence-electron chi connectivity index (χ3n) is 1.16. The van der Waals surface area contributed by atoms with Gasteiger partial charge < -0.3 is 10.5 Å². The minimum Gasteiger partial charge on any atom is -0.405 e. The maximum Gasteiger partial charge on any atom is 0.122 e. The molecular formula is C7H13NO. The van der Waals surface area contributed by atoms with Gasteiger partial charge in [0.1, 0.15) is 6.29 Å². The van der Waals surface area contributed by atoms with E-state index in [1.54, 1.807) is 0 Å². The lowest BCUT2D eigenvalue weighted by molar-refractivity contribution is -0.110. The van der Waals surface area contributed by atoms with Crippen LogP contribution >= 0.6 is 0 Å². The van der Waals surface area contributed by atoms with E-state index in [0.717, 1.165) is 19.1 Å². The number of carbonyl (C=O) groups excluding carboxylic acids is 1. The van der Waals surface area contributed by atoms with E-state index >= 15 is 0 Å². The highest BCUT2D eigenvalue weighted by Gasteiger charge is 1.94. The normalized spacial score (nSPS) is 13.9. The van der Waals surface area contributed by atoms with E-state index in [0.29, 0.717) is 0 Å². The van der Waals surface area contributed by atoms with Gasteiger partial charge in [0, 0.05) is 5.92 Å². The molecule has 0 aromatic heterocycles. The summed E-state index contributed by atoms with van der Waals surface area (Å²) in [7, 11) is 0. The van der Waals surface area contributed by atoms with Crippen LogP contribution in [0, 0.1) is 5.92 Å². The summed E-state index contributed by atoms with van der Waals surface area (Å²) >= 11 is 0. The van der Waals surface area contributed by atoms with E-state index in [1.807, 2.05) is 13.0 Å². The Morgan fingerprint density at radius 3 is 2.78 bits per heavy atom. The molecule has 0 fully saturated rings. The molecule has 0 saturated carbocycles. The van der Waals surface area contributed by atoms with E-state index in [2.05, 4.69) is 0 Å².